The lowest BCUT2D eigenvalue weighted by Gasteiger charge is -2.07. The Bertz CT molecular complexity index is 221. The van der Waals surface area contributed by atoms with E-state index >= 15 is 0 Å². The molecule has 0 radical (unpaired) electrons. The Morgan fingerprint density at radius 3 is 2.92 bits per heavy atom. The van der Waals surface area contributed by atoms with Gasteiger partial charge in [-0.05, 0) is 49.4 Å². The molecule has 3 aliphatic carbocycles. The molecule has 0 saturated heterocycles. The van der Waals surface area contributed by atoms with Gasteiger partial charge in [0.05, 0.1) is 6.10 Å². The Morgan fingerprint density at radius 1 is 1.08 bits per heavy atom. The summed E-state index contributed by atoms with van der Waals surface area (Å²) in [5.41, 5.74) is 0. The number of allylic oxidation sites excluding steroid dienone is 2. The van der Waals surface area contributed by atoms with E-state index in [9.17, 15) is 5.11 Å². The normalized spacial score (nSPS) is 58.6. The average Bonchev–Trinajstić information content (AvgIpc) is 2.88. The molecule has 12 heavy (non-hydrogen) atoms. The molecule has 2 saturated carbocycles. The predicted molar refractivity (Wildman–Crippen MR) is 47.6 cm³/mol. The molecule has 3 aliphatic rings. The lowest BCUT2D eigenvalue weighted by molar-refractivity contribution is 0.130. The van der Waals surface area contributed by atoms with E-state index in [0.29, 0.717) is 5.92 Å². The number of aliphatic hydroxyl groups excluding tert-OH is 1. The van der Waals surface area contributed by atoms with Gasteiger partial charge >= 0.3 is 0 Å². The minimum atomic E-state index is 0.0211. The lowest BCUT2D eigenvalue weighted by Crippen LogP contribution is -2.11. The quantitative estimate of drug-likeness (QED) is 0.543. The summed E-state index contributed by atoms with van der Waals surface area (Å²) in [5.74, 6) is 3.15. The SMILES string of the molecule is O[C@H]1CC2CC2C/C=C\C2CC21. The maximum atomic E-state index is 9.81. The van der Waals surface area contributed by atoms with Gasteiger partial charge in [-0.15, -0.1) is 0 Å². The highest BCUT2D eigenvalue weighted by atomic mass is 16.3. The van der Waals surface area contributed by atoms with Crippen LogP contribution in [0.4, 0.5) is 0 Å². The van der Waals surface area contributed by atoms with E-state index in [-0.39, 0.29) is 6.10 Å². The Labute approximate surface area is 73.5 Å². The van der Waals surface area contributed by atoms with Crippen LogP contribution in [0.25, 0.3) is 0 Å². The van der Waals surface area contributed by atoms with Crippen molar-refractivity contribution < 1.29 is 5.11 Å². The number of fused-ring (bicyclic) bond motifs is 2. The summed E-state index contributed by atoms with van der Waals surface area (Å²) in [5, 5.41) is 9.81. The van der Waals surface area contributed by atoms with Crippen LogP contribution in [-0.2, 0) is 0 Å². The average molecular weight is 164 g/mol. The van der Waals surface area contributed by atoms with Crippen LogP contribution >= 0.6 is 0 Å². The van der Waals surface area contributed by atoms with Crippen LogP contribution in [0.1, 0.15) is 25.7 Å². The number of hydrogen-bond acceptors (Lipinski definition) is 1. The zero-order chi connectivity index (χ0) is 8.13. The van der Waals surface area contributed by atoms with E-state index in [0.717, 1.165) is 24.2 Å². The molecular formula is C11H16O. The van der Waals surface area contributed by atoms with E-state index in [4.69, 9.17) is 0 Å². The topological polar surface area (TPSA) is 20.2 Å². The molecule has 1 nitrogen and oxygen atoms in total. The molecular weight excluding hydrogens is 148 g/mol. The first kappa shape index (κ1) is 7.14. The summed E-state index contributed by atoms with van der Waals surface area (Å²) < 4.78 is 0. The van der Waals surface area contributed by atoms with Crippen molar-refractivity contribution in [3.63, 3.8) is 0 Å². The fourth-order valence-corrected chi connectivity index (χ4v) is 2.70. The molecule has 4 unspecified atom stereocenters. The van der Waals surface area contributed by atoms with Gasteiger partial charge in [0.1, 0.15) is 0 Å². The first-order valence-electron chi connectivity index (χ1n) is 5.19. The minimum absolute atomic E-state index is 0.0211. The number of hydrogen-bond donors (Lipinski definition) is 1. The first-order chi connectivity index (χ1) is 5.84. The van der Waals surface area contributed by atoms with Crippen molar-refractivity contribution in [1.29, 1.82) is 0 Å². The summed E-state index contributed by atoms with van der Waals surface area (Å²) in [6, 6.07) is 0. The van der Waals surface area contributed by atoms with Crippen LogP contribution in [0.15, 0.2) is 12.2 Å². The Balaban J connectivity index is 1.74. The Hall–Kier alpha value is -0.300. The highest BCUT2D eigenvalue weighted by molar-refractivity contribution is 5.09. The van der Waals surface area contributed by atoms with Crippen LogP contribution in [0.3, 0.4) is 0 Å². The second-order valence-corrected chi connectivity index (χ2v) is 4.79. The van der Waals surface area contributed by atoms with Crippen molar-refractivity contribution in [2.24, 2.45) is 23.7 Å². The molecule has 0 aromatic carbocycles. The van der Waals surface area contributed by atoms with Gasteiger partial charge in [0.15, 0.2) is 0 Å². The molecule has 1 N–H and O–H groups in total. The van der Waals surface area contributed by atoms with Gasteiger partial charge in [-0.1, -0.05) is 12.2 Å². The fourth-order valence-electron chi connectivity index (χ4n) is 2.70. The van der Waals surface area contributed by atoms with Crippen molar-refractivity contribution in [2.45, 2.75) is 31.8 Å². The number of aliphatic hydroxyl groups is 1. The van der Waals surface area contributed by atoms with Crippen molar-refractivity contribution >= 4 is 0 Å². The van der Waals surface area contributed by atoms with Gasteiger partial charge in [-0.25, -0.2) is 0 Å². The summed E-state index contributed by atoms with van der Waals surface area (Å²) in [7, 11) is 0. The van der Waals surface area contributed by atoms with Crippen molar-refractivity contribution in [3.05, 3.63) is 12.2 Å². The van der Waals surface area contributed by atoms with Gasteiger partial charge in [0.25, 0.3) is 0 Å². The van der Waals surface area contributed by atoms with Gasteiger partial charge in [-0.3, -0.25) is 0 Å². The van der Waals surface area contributed by atoms with E-state index in [1.807, 2.05) is 0 Å². The molecule has 0 aliphatic heterocycles. The monoisotopic (exact) mass is 164 g/mol. The van der Waals surface area contributed by atoms with Crippen molar-refractivity contribution in [2.75, 3.05) is 0 Å². The minimum Gasteiger partial charge on any atom is -0.393 e. The van der Waals surface area contributed by atoms with E-state index in [1.54, 1.807) is 0 Å². The summed E-state index contributed by atoms with van der Waals surface area (Å²) in [4.78, 5) is 0. The standard InChI is InChI=1S/C11H16O/c12-11-6-9-4-7(9)2-1-3-8-5-10(8)11/h1,3,7-12H,2,4-6H2/b3-1-/t7?,8?,9?,10?,11-/m0/s1. The molecule has 2 fully saturated rings. The van der Waals surface area contributed by atoms with Crippen molar-refractivity contribution in [1.82, 2.24) is 0 Å². The first-order valence-corrected chi connectivity index (χ1v) is 5.19. The predicted octanol–water partition coefficient (Wildman–Crippen LogP) is 1.97. The molecule has 0 spiro atoms. The Morgan fingerprint density at radius 2 is 2.00 bits per heavy atom. The van der Waals surface area contributed by atoms with Crippen LogP contribution in [0.5, 0.6) is 0 Å². The third-order valence-corrected chi connectivity index (χ3v) is 3.82. The molecule has 0 bridgehead atoms. The smallest absolute Gasteiger partial charge is 0.0577 e. The van der Waals surface area contributed by atoms with E-state index < -0.39 is 0 Å². The third-order valence-electron chi connectivity index (χ3n) is 3.82. The highest BCUT2D eigenvalue weighted by Crippen LogP contribution is 2.51. The number of rotatable bonds is 0. The molecule has 1 heteroatoms. The van der Waals surface area contributed by atoms with Crippen LogP contribution in [-0.4, -0.2) is 11.2 Å². The lowest BCUT2D eigenvalue weighted by atomic mass is 10.1. The van der Waals surface area contributed by atoms with Crippen LogP contribution in [0, 0.1) is 23.7 Å². The zero-order valence-electron chi connectivity index (χ0n) is 7.32. The molecule has 66 valence electrons. The van der Waals surface area contributed by atoms with Crippen LogP contribution < -0.4 is 0 Å². The maximum absolute atomic E-state index is 9.81. The highest BCUT2D eigenvalue weighted by Gasteiger charge is 2.46. The fraction of sp³-hybridized carbons (Fsp3) is 0.818. The van der Waals surface area contributed by atoms with Gasteiger partial charge in [0, 0.05) is 0 Å². The molecule has 0 amide bonds. The molecule has 0 aromatic heterocycles. The van der Waals surface area contributed by atoms with Gasteiger partial charge < -0.3 is 5.11 Å². The largest absolute Gasteiger partial charge is 0.393 e. The second kappa shape index (κ2) is 2.35. The molecule has 0 heterocycles. The zero-order valence-corrected chi connectivity index (χ0v) is 7.32. The van der Waals surface area contributed by atoms with E-state index in [1.165, 1.54) is 19.3 Å². The molecule has 5 atom stereocenters. The van der Waals surface area contributed by atoms with Gasteiger partial charge in [0.2, 0.25) is 0 Å². The second-order valence-electron chi connectivity index (χ2n) is 4.79. The van der Waals surface area contributed by atoms with Gasteiger partial charge in [-0.2, -0.15) is 0 Å². The van der Waals surface area contributed by atoms with Crippen LogP contribution in [0.2, 0.25) is 0 Å². The van der Waals surface area contributed by atoms with E-state index in [2.05, 4.69) is 12.2 Å². The summed E-state index contributed by atoms with van der Waals surface area (Å²) in [6.45, 7) is 0. The molecule has 3 rings (SSSR count). The maximum Gasteiger partial charge on any atom is 0.0577 e. The Kier molecular flexibility index (Phi) is 1.40. The molecule has 0 aromatic rings. The third kappa shape index (κ3) is 1.11. The van der Waals surface area contributed by atoms with Crippen molar-refractivity contribution in [3.8, 4) is 0 Å². The summed E-state index contributed by atoms with van der Waals surface area (Å²) >= 11 is 0. The summed E-state index contributed by atoms with van der Waals surface area (Å²) in [6.07, 6.45) is 9.71.